The minimum atomic E-state index is -0.294. The van der Waals surface area contributed by atoms with E-state index in [0.717, 1.165) is 30.4 Å². The molecule has 168 valence electrons. The van der Waals surface area contributed by atoms with Crippen LogP contribution in [0.25, 0.3) is 22.4 Å². The van der Waals surface area contributed by atoms with Gasteiger partial charge in [-0.3, -0.25) is 10.3 Å². The number of urea groups is 1. The number of carbonyl (C=O) groups excluding carboxylic acids is 1. The first-order valence-electron chi connectivity index (χ1n) is 11.1. The zero-order chi connectivity index (χ0) is 23.0. The Balaban J connectivity index is 1.35. The van der Waals surface area contributed by atoms with Gasteiger partial charge in [0.15, 0.2) is 5.65 Å². The average Bonchev–Trinajstić information content (AvgIpc) is 2.84. The van der Waals surface area contributed by atoms with Crippen LogP contribution < -0.4 is 10.6 Å². The van der Waals surface area contributed by atoms with Crippen molar-refractivity contribution in [2.75, 3.05) is 5.32 Å². The van der Waals surface area contributed by atoms with Gasteiger partial charge in [-0.15, -0.1) is 0 Å². The maximum absolute atomic E-state index is 12.4. The molecule has 4 aromatic rings. The number of amides is 2. The van der Waals surface area contributed by atoms with Gasteiger partial charge in [0.05, 0.1) is 18.5 Å². The second-order valence-electron chi connectivity index (χ2n) is 8.03. The molecule has 0 fully saturated rings. The molecule has 2 aromatic heterocycles. The van der Waals surface area contributed by atoms with Crippen molar-refractivity contribution in [2.45, 2.75) is 38.8 Å². The fraction of sp³-hybridized carbons (Fsp3) is 0.231. The molecular weight excluding hydrogens is 414 g/mol. The molecule has 1 atom stereocenters. The van der Waals surface area contributed by atoms with Crippen LogP contribution in [0.1, 0.15) is 30.9 Å². The molecule has 0 saturated carbocycles. The molecule has 0 aliphatic carbocycles. The summed E-state index contributed by atoms with van der Waals surface area (Å²) in [4.78, 5) is 25.9. The van der Waals surface area contributed by atoms with Gasteiger partial charge in [0.2, 0.25) is 0 Å². The van der Waals surface area contributed by atoms with Crippen LogP contribution >= 0.6 is 0 Å². The first-order valence-corrected chi connectivity index (χ1v) is 11.1. The van der Waals surface area contributed by atoms with Crippen molar-refractivity contribution in [2.24, 2.45) is 0 Å². The molecule has 7 heteroatoms. The van der Waals surface area contributed by atoms with Crippen molar-refractivity contribution in [3.8, 4) is 11.3 Å². The minimum absolute atomic E-state index is 0.00598. The predicted molar refractivity (Wildman–Crippen MR) is 130 cm³/mol. The fourth-order valence-electron chi connectivity index (χ4n) is 3.59. The molecule has 0 bridgehead atoms. The predicted octanol–water partition coefficient (Wildman–Crippen LogP) is 4.72. The van der Waals surface area contributed by atoms with Gasteiger partial charge in [-0.25, -0.2) is 14.8 Å². The Hall–Kier alpha value is -3.84. The summed E-state index contributed by atoms with van der Waals surface area (Å²) >= 11 is 0. The van der Waals surface area contributed by atoms with Crippen LogP contribution in [0, 0.1) is 0 Å². The Morgan fingerprint density at radius 2 is 1.76 bits per heavy atom. The molecule has 4 rings (SSSR count). The lowest BCUT2D eigenvalue weighted by Gasteiger charge is -2.14. The number of benzene rings is 2. The number of rotatable bonds is 8. The van der Waals surface area contributed by atoms with Crippen molar-refractivity contribution < 1.29 is 9.90 Å². The third-order valence-corrected chi connectivity index (χ3v) is 5.40. The van der Waals surface area contributed by atoms with Crippen LogP contribution in [-0.2, 0) is 13.0 Å². The third-order valence-electron chi connectivity index (χ3n) is 5.40. The Morgan fingerprint density at radius 1 is 0.970 bits per heavy atom. The van der Waals surface area contributed by atoms with Gasteiger partial charge in [-0.1, -0.05) is 54.6 Å². The topological polar surface area (TPSA) is 100 Å². The van der Waals surface area contributed by atoms with Crippen LogP contribution in [0.3, 0.4) is 0 Å². The van der Waals surface area contributed by atoms with Crippen molar-refractivity contribution >= 4 is 23.0 Å². The van der Waals surface area contributed by atoms with E-state index in [1.807, 2.05) is 49.4 Å². The number of aryl methyl sites for hydroxylation is 1. The third kappa shape index (κ3) is 6.11. The van der Waals surface area contributed by atoms with Gasteiger partial charge in [0.1, 0.15) is 11.3 Å². The number of anilines is 1. The zero-order valence-electron chi connectivity index (χ0n) is 18.5. The van der Waals surface area contributed by atoms with Crippen LogP contribution in [0.5, 0.6) is 0 Å². The Labute approximate surface area is 192 Å². The average molecular weight is 442 g/mol. The first kappa shape index (κ1) is 22.4. The van der Waals surface area contributed by atoms with Crippen molar-refractivity contribution in [1.82, 2.24) is 20.3 Å². The molecule has 3 N–H and O–H groups in total. The normalized spacial score (nSPS) is 11.8. The number of fused-ring (bicyclic) bond motifs is 1. The standard InChI is InChI=1S/C26H27N5O2/c1-18(6-5-9-19-7-3-2-4-8-19)28-26(33)31-24-15-14-22-25(30-24)29-23(16-27-22)21-12-10-20(17-32)11-13-21/h2-4,7-8,10-16,18,32H,5-6,9,17H2,1H3,(H2,28,29,30,31,33). The van der Waals surface area contributed by atoms with E-state index in [0.29, 0.717) is 22.7 Å². The van der Waals surface area contributed by atoms with Crippen molar-refractivity contribution in [3.05, 3.63) is 84.1 Å². The summed E-state index contributed by atoms with van der Waals surface area (Å²) in [7, 11) is 0. The molecule has 1 unspecified atom stereocenters. The molecule has 2 amide bonds. The molecule has 2 heterocycles. The summed E-state index contributed by atoms with van der Waals surface area (Å²) in [5, 5.41) is 15.0. The van der Waals surface area contributed by atoms with Crippen molar-refractivity contribution in [3.63, 3.8) is 0 Å². The number of hydrogen-bond acceptors (Lipinski definition) is 5. The van der Waals surface area contributed by atoms with Gasteiger partial charge < -0.3 is 10.4 Å². The lowest BCUT2D eigenvalue weighted by atomic mass is 10.1. The number of nitrogens with zero attached hydrogens (tertiary/aromatic N) is 3. The lowest BCUT2D eigenvalue weighted by Crippen LogP contribution is -2.36. The minimum Gasteiger partial charge on any atom is -0.392 e. The number of aliphatic hydroxyl groups is 1. The molecule has 0 aliphatic rings. The molecule has 2 aromatic carbocycles. The molecule has 0 radical (unpaired) electrons. The van der Waals surface area contributed by atoms with Crippen LogP contribution in [0.15, 0.2) is 72.9 Å². The number of aromatic nitrogens is 3. The number of pyridine rings is 1. The smallest absolute Gasteiger partial charge is 0.320 e. The maximum atomic E-state index is 12.4. The van der Waals surface area contributed by atoms with E-state index in [1.165, 1.54) is 5.56 Å². The summed E-state index contributed by atoms with van der Waals surface area (Å²) in [5.74, 6) is 0.415. The molecule has 0 saturated heterocycles. The maximum Gasteiger partial charge on any atom is 0.320 e. The molecule has 33 heavy (non-hydrogen) atoms. The van der Waals surface area contributed by atoms with Crippen LogP contribution in [0.2, 0.25) is 0 Å². The summed E-state index contributed by atoms with van der Waals surface area (Å²) in [6.07, 6.45) is 4.56. The molecule has 7 nitrogen and oxygen atoms in total. The highest BCUT2D eigenvalue weighted by Gasteiger charge is 2.10. The van der Waals surface area contributed by atoms with E-state index in [2.05, 4.69) is 37.7 Å². The number of nitrogens with one attached hydrogen (secondary N) is 2. The van der Waals surface area contributed by atoms with Gasteiger partial charge in [0.25, 0.3) is 0 Å². The quantitative estimate of drug-likeness (QED) is 0.367. The van der Waals surface area contributed by atoms with Gasteiger partial charge in [-0.2, -0.15) is 0 Å². The Kier molecular flexibility index (Phi) is 7.22. The molecule has 0 aliphatic heterocycles. The van der Waals surface area contributed by atoms with Crippen LogP contribution in [0.4, 0.5) is 10.6 Å². The highest BCUT2D eigenvalue weighted by Crippen LogP contribution is 2.20. The number of hydrogen-bond donors (Lipinski definition) is 3. The van der Waals surface area contributed by atoms with E-state index in [9.17, 15) is 9.90 Å². The number of aliphatic hydroxyl groups excluding tert-OH is 1. The van der Waals surface area contributed by atoms with E-state index in [1.54, 1.807) is 18.3 Å². The van der Waals surface area contributed by atoms with E-state index < -0.39 is 0 Å². The highest BCUT2D eigenvalue weighted by atomic mass is 16.3. The highest BCUT2D eigenvalue weighted by molar-refractivity contribution is 5.89. The SMILES string of the molecule is CC(CCCc1ccccc1)NC(=O)Nc1ccc2ncc(-c3ccc(CO)cc3)nc2n1. The fourth-order valence-corrected chi connectivity index (χ4v) is 3.59. The van der Waals surface area contributed by atoms with Gasteiger partial charge in [0, 0.05) is 11.6 Å². The lowest BCUT2D eigenvalue weighted by molar-refractivity contribution is 0.248. The Bertz CT molecular complexity index is 1210. The van der Waals surface area contributed by atoms with Crippen LogP contribution in [-0.4, -0.2) is 32.1 Å². The van der Waals surface area contributed by atoms with Crippen molar-refractivity contribution in [1.29, 1.82) is 0 Å². The second-order valence-corrected chi connectivity index (χ2v) is 8.03. The largest absolute Gasteiger partial charge is 0.392 e. The van der Waals surface area contributed by atoms with Gasteiger partial charge >= 0.3 is 6.03 Å². The summed E-state index contributed by atoms with van der Waals surface area (Å²) in [6, 6.07) is 21.0. The summed E-state index contributed by atoms with van der Waals surface area (Å²) in [6.45, 7) is 1.99. The van der Waals surface area contributed by atoms with E-state index in [4.69, 9.17) is 0 Å². The van der Waals surface area contributed by atoms with E-state index >= 15 is 0 Å². The molecular formula is C26H27N5O2. The first-order chi connectivity index (χ1) is 16.1. The van der Waals surface area contributed by atoms with Gasteiger partial charge in [-0.05, 0) is 49.4 Å². The second kappa shape index (κ2) is 10.7. The monoisotopic (exact) mass is 441 g/mol. The molecule has 0 spiro atoms. The number of carbonyl (C=O) groups is 1. The summed E-state index contributed by atoms with van der Waals surface area (Å²) in [5.41, 5.74) is 4.78. The zero-order valence-corrected chi connectivity index (χ0v) is 18.5. The Morgan fingerprint density at radius 3 is 2.52 bits per heavy atom. The summed E-state index contributed by atoms with van der Waals surface area (Å²) < 4.78 is 0. The van der Waals surface area contributed by atoms with E-state index in [-0.39, 0.29) is 18.7 Å².